The molecule has 0 unspecified atom stereocenters. The Balaban J connectivity index is 2.24. The summed E-state index contributed by atoms with van der Waals surface area (Å²) in [5.41, 5.74) is 2.10. The maximum atomic E-state index is 13.0. The first-order valence-electron chi connectivity index (χ1n) is 6.22. The van der Waals surface area contributed by atoms with Crippen LogP contribution in [0.2, 0.25) is 0 Å². The average molecular weight is 310 g/mol. The van der Waals surface area contributed by atoms with Gasteiger partial charge in [0.05, 0.1) is 4.92 Å². The van der Waals surface area contributed by atoms with Crippen molar-refractivity contribution < 1.29 is 14.1 Å². The first-order valence-corrected chi connectivity index (χ1v) is 6.76. The third kappa shape index (κ3) is 3.70. The summed E-state index contributed by atoms with van der Waals surface area (Å²) in [7, 11) is 0. The number of rotatable bonds is 5. The maximum Gasteiger partial charge on any atom is 0.310 e. The molecule has 0 spiro atoms. The van der Waals surface area contributed by atoms with E-state index in [1.54, 1.807) is 25.1 Å². The van der Waals surface area contributed by atoms with Crippen molar-refractivity contribution in [1.82, 2.24) is 0 Å². The second-order valence-corrected chi connectivity index (χ2v) is 4.82. The molecule has 0 aliphatic rings. The quantitative estimate of drug-likeness (QED) is 0.468. The van der Waals surface area contributed by atoms with E-state index in [9.17, 15) is 14.5 Å². The predicted molar refractivity (Wildman–Crippen MR) is 78.1 cm³/mol. The van der Waals surface area contributed by atoms with Gasteiger partial charge in [-0.15, -0.1) is 11.6 Å². The summed E-state index contributed by atoms with van der Waals surface area (Å²) in [5, 5.41) is 11.0. The van der Waals surface area contributed by atoms with Crippen LogP contribution < -0.4 is 4.74 Å². The Hall–Kier alpha value is -2.14. The van der Waals surface area contributed by atoms with Gasteiger partial charge in [-0.2, -0.15) is 0 Å². The summed E-state index contributed by atoms with van der Waals surface area (Å²) in [6.45, 7) is 1.88. The highest BCUT2D eigenvalue weighted by molar-refractivity contribution is 6.17. The molecule has 0 saturated carbocycles. The largest absolute Gasteiger partial charge is 0.482 e. The zero-order chi connectivity index (χ0) is 15.4. The topological polar surface area (TPSA) is 52.4 Å². The highest BCUT2D eigenvalue weighted by Crippen LogP contribution is 2.29. The van der Waals surface area contributed by atoms with E-state index < -0.39 is 4.92 Å². The van der Waals surface area contributed by atoms with Crippen molar-refractivity contribution in [3.05, 3.63) is 69.0 Å². The highest BCUT2D eigenvalue weighted by Gasteiger charge is 2.16. The van der Waals surface area contributed by atoms with Gasteiger partial charge in [-0.3, -0.25) is 10.1 Å². The van der Waals surface area contributed by atoms with Crippen LogP contribution >= 0.6 is 11.6 Å². The van der Waals surface area contributed by atoms with Crippen molar-refractivity contribution in [3.63, 3.8) is 0 Å². The predicted octanol–water partition coefficient (Wildman–Crippen LogP) is 4.36. The van der Waals surface area contributed by atoms with Crippen LogP contribution in [0.1, 0.15) is 16.7 Å². The van der Waals surface area contributed by atoms with Gasteiger partial charge in [0, 0.05) is 11.9 Å². The lowest BCUT2D eigenvalue weighted by Gasteiger charge is -2.10. The van der Waals surface area contributed by atoms with Crippen LogP contribution in [-0.4, -0.2) is 4.92 Å². The summed E-state index contributed by atoms with van der Waals surface area (Å²) < 4.78 is 18.6. The molecule has 0 aromatic heterocycles. The molecule has 2 aromatic carbocycles. The van der Waals surface area contributed by atoms with Crippen LogP contribution in [-0.2, 0) is 12.5 Å². The number of nitro benzene ring substituents is 1. The van der Waals surface area contributed by atoms with Gasteiger partial charge in [0.25, 0.3) is 0 Å². The van der Waals surface area contributed by atoms with Crippen LogP contribution in [0.25, 0.3) is 0 Å². The fraction of sp³-hybridized carbons (Fsp3) is 0.200. The lowest BCUT2D eigenvalue weighted by atomic mass is 10.1. The molecule has 6 heteroatoms. The lowest BCUT2D eigenvalue weighted by molar-refractivity contribution is -0.386. The Morgan fingerprint density at radius 1 is 1.29 bits per heavy atom. The third-order valence-corrected chi connectivity index (χ3v) is 3.37. The molecule has 0 amide bonds. The van der Waals surface area contributed by atoms with Gasteiger partial charge in [-0.25, -0.2) is 4.39 Å². The Morgan fingerprint density at radius 2 is 2.05 bits per heavy atom. The smallest absolute Gasteiger partial charge is 0.310 e. The van der Waals surface area contributed by atoms with Gasteiger partial charge in [0.2, 0.25) is 0 Å². The van der Waals surface area contributed by atoms with Crippen LogP contribution in [0.4, 0.5) is 10.1 Å². The highest BCUT2D eigenvalue weighted by atomic mass is 35.5. The monoisotopic (exact) mass is 309 g/mol. The van der Waals surface area contributed by atoms with E-state index in [1.807, 2.05) is 0 Å². The summed E-state index contributed by atoms with van der Waals surface area (Å²) in [6.07, 6.45) is 0. The number of aryl methyl sites for hydroxylation is 1. The van der Waals surface area contributed by atoms with Crippen LogP contribution in [0, 0.1) is 22.9 Å². The molecule has 2 rings (SSSR count). The molecular weight excluding hydrogens is 297 g/mol. The first-order chi connectivity index (χ1) is 10.0. The van der Waals surface area contributed by atoms with Gasteiger partial charge >= 0.3 is 5.69 Å². The first kappa shape index (κ1) is 15.3. The van der Waals surface area contributed by atoms with Crippen molar-refractivity contribution in [1.29, 1.82) is 0 Å². The Labute approximate surface area is 126 Å². The molecule has 0 N–H and O–H groups in total. The molecule has 21 heavy (non-hydrogen) atoms. The lowest BCUT2D eigenvalue weighted by Crippen LogP contribution is -2.01. The SMILES string of the molecule is Cc1cc(F)ccc1COc1cc(CCl)ccc1[N+](=O)[O-]. The number of halogens is 2. The van der Waals surface area contributed by atoms with Crippen molar-refractivity contribution >= 4 is 17.3 Å². The zero-order valence-corrected chi connectivity index (χ0v) is 12.1. The van der Waals surface area contributed by atoms with Gasteiger partial charge < -0.3 is 4.74 Å². The Kier molecular flexibility index (Phi) is 4.75. The van der Waals surface area contributed by atoms with E-state index in [0.29, 0.717) is 0 Å². The molecule has 0 aliphatic heterocycles. The molecular formula is C15H13ClFNO3. The van der Waals surface area contributed by atoms with Crippen molar-refractivity contribution in [2.75, 3.05) is 0 Å². The van der Waals surface area contributed by atoms with E-state index in [0.717, 1.165) is 16.7 Å². The standard InChI is InChI=1S/C15H13ClFNO3/c1-10-6-13(17)4-3-12(10)9-21-15-7-11(8-16)2-5-14(15)18(19)20/h2-7H,8-9H2,1H3. The molecule has 0 aliphatic carbocycles. The number of hydrogen-bond acceptors (Lipinski definition) is 3. The van der Waals surface area contributed by atoms with Crippen LogP contribution in [0.15, 0.2) is 36.4 Å². The second kappa shape index (κ2) is 6.54. The summed E-state index contributed by atoms with van der Waals surface area (Å²) in [4.78, 5) is 10.5. The minimum Gasteiger partial charge on any atom is -0.482 e. The van der Waals surface area contributed by atoms with Gasteiger partial charge in [-0.1, -0.05) is 12.1 Å². The van der Waals surface area contributed by atoms with Gasteiger partial charge in [-0.05, 0) is 41.8 Å². The number of nitrogens with zero attached hydrogens (tertiary/aromatic N) is 1. The van der Waals surface area contributed by atoms with Crippen LogP contribution in [0.5, 0.6) is 5.75 Å². The van der Waals surface area contributed by atoms with Gasteiger partial charge in [0.15, 0.2) is 5.75 Å². The fourth-order valence-corrected chi connectivity index (χ4v) is 2.05. The molecule has 0 atom stereocenters. The van der Waals surface area contributed by atoms with E-state index in [2.05, 4.69) is 0 Å². The zero-order valence-electron chi connectivity index (χ0n) is 11.3. The summed E-state index contributed by atoms with van der Waals surface area (Å²) in [5.74, 6) is 0.0671. The van der Waals surface area contributed by atoms with Crippen molar-refractivity contribution in [3.8, 4) is 5.75 Å². The minimum absolute atomic E-state index is 0.122. The van der Waals surface area contributed by atoms with E-state index in [-0.39, 0.29) is 29.7 Å². The Bertz CT molecular complexity index is 676. The number of hydrogen-bond donors (Lipinski definition) is 0. The molecule has 0 saturated heterocycles. The Morgan fingerprint density at radius 3 is 2.67 bits per heavy atom. The third-order valence-electron chi connectivity index (χ3n) is 3.06. The average Bonchev–Trinajstić information content (AvgIpc) is 2.45. The molecule has 2 aromatic rings. The van der Waals surface area contributed by atoms with E-state index in [1.165, 1.54) is 18.2 Å². The number of alkyl halides is 1. The fourth-order valence-electron chi connectivity index (χ4n) is 1.88. The number of nitro groups is 1. The van der Waals surface area contributed by atoms with Gasteiger partial charge in [0.1, 0.15) is 12.4 Å². The van der Waals surface area contributed by atoms with Crippen molar-refractivity contribution in [2.24, 2.45) is 0 Å². The molecule has 0 bridgehead atoms. The molecule has 0 radical (unpaired) electrons. The van der Waals surface area contributed by atoms with E-state index >= 15 is 0 Å². The van der Waals surface area contributed by atoms with E-state index in [4.69, 9.17) is 16.3 Å². The second-order valence-electron chi connectivity index (χ2n) is 4.55. The minimum atomic E-state index is -0.509. The maximum absolute atomic E-state index is 13.0. The molecule has 0 fully saturated rings. The van der Waals surface area contributed by atoms with Crippen LogP contribution in [0.3, 0.4) is 0 Å². The molecule has 4 nitrogen and oxygen atoms in total. The summed E-state index contributed by atoms with van der Waals surface area (Å²) in [6, 6.07) is 8.81. The normalized spacial score (nSPS) is 10.4. The molecule has 110 valence electrons. The van der Waals surface area contributed by atoms with Crippen molar-refractivity contribution in [2.45, 2.75) is 19.4 Å². The number of benzene rings is 2. The molecule has 0 heterocycles. The summed E-state index contributed by atoms with van der Waals surface area (Å²) >= 11 is 5.72. The number of ether oxygens (including phenoxy) is 1.